The Balaban J connectivity index is 1.72. The Hall–Kier alpha value is -1.40. The summed E-state index contributed by atoms with van der Waals surface area (Å²) in [6.45, 7) is 3.47. The topological polar surface area (TPSA) is 57.7 Å². The van der Waals surface area contributed by atoms with Gasteiger partial charge < -0.3 is 4.90 Å². The zero-order valence-corrected chi connectivity index (χ0v) is 15.8. The van der Waals surface area contributed by atoms with Crippen molar-refractivity contribution in [1.29, 1.82) is 0 Å². The molecule has 1 aromatic carbocycles. The number of amides is 1. The molecule has 1 aliphatic carbocycles. The van der Waals surface area contributed by atoms with Gasteiger partial charge in [0.1, 0.15) is 0 Å². The van der Waals surface area contributed by atoms with Crippen LogP contribution in [0.2, 0.25) is 0 Å². The summed E-state index contributed by atoms with van der Waals surface area (Å²) < 4.78 is 27.4. The summed E-state index contributed by atoms with van der Waals surface area (Å²) in [5.41, 5.74) is 1.26. The van der Waals surface area contributed by atoms with Crippen LogP contribution in [-0.2, 0) is 14.8 Å². The van der Waals surface area contributed by atoms with E-state index in [1.165, 1.54) is 48.9 Å². The highest BCUT2D eigenvalue weighted by molar-refractivity contribution is 7.89. The van der Waals surface area contributed by atoms with Crippen molar-refractivity contribution in [2.24, 2.45) is 0 Å². The highest BCUT2D eigenvalue weighted by Crippen LogP contribution is 2.33. The van der Waals surface area contributed by atoms with Gasteiger partial charge in [0.05, 0.1) is 4.90 Å². The molecule has 138 valence electrons. The molecule has 3 rings (SSSR count). The van der Waals surface area contributed by atoms with E-state index in [-0.39, 0.29) is 5.91 Å². The summed E-state index contributed by atoms with van der Waals surface area (Å²) in [6, 6.07) is 7.49. The van der Waals surface area contributed by atoms with E-state index in [2.05, 4.69) is 0 Å². The molecule has 0 atom stereocenters. The second-order valence-electron chi connectivity index (χ2n) is 7.17. The summed E-state index contributed by atoms with van der Waals surface area (Å²) in [6.07, 6.45) is 6.95. The number of carbonyl (C=O) groups excluding carboxylic acids is 1. The number of benzene rings is 1. The second-order valence-corrected chi connectivity index (χ2v) is 9.11. The summed E-state index contributed by atoms with van der Waals surface area (Å²) in [4.78, 5) is 13.6. The molecule has 2 fully saturated rings. The standard InChI is InChI=1S/C19H28N2O3S/c1-16(22)20-12-5-13-21(15-14-20)25(23,24)19-10-8-18(9-11-19)17-6-3-2-4-7-17/h8-11,17H,2-7,12-15H2,1H3. The molecule has 25 heavy (non-hydrogen) atoms. The molecule has 1 amide bonds. The smallest absolute Gasteiger partial charge is 0.243 e. The van der Waals surface area contributed by atoms with Gasteiger partial charge in [-0.2, -0.15) is 4.31 Å². The van der Waals surface area contributed by atoms with Gasteiger partial charge in [-0.05, 0) is 42.9 Å². The van der Waals surface area contributed by atoms with Crippen molar-refractivity contribution in [2.45, 2.75) is 56.3 Å². The first kappa shape index (κ1) is 18.4. The predicted octanol–water partition coefficient (Wildman–Crippen LogP) is 2.98. The maximum atomic E-state index is 12.9. The zero-order chi connectivity index (χ0) is 17.9. The van der Waals surface area contributed by atoms with Crippen LogP contribution in [0.3, 0.4) is 0 Å². The van der Waals surface area contributed by atoms with Crippen molar-refractivity contribution >= 4 is 15.9 Å². The van der Waals surface area contributed by atoms with Crippen LogP contribution in [0.15, 0.2) is 29.2 Å². The van der Waals surface area contributed by atoms with E-state index >= 15 is 0 Å². The zero-order valence-electron chi connectivity index (χ0n) is 15.0. The lowest BCUT2D eigenvalue weighted by Crippen LogP contribution is -2.36. The van der Waals surface area contributed by atoms with E-state index in [1.807, 2.05) is 12.1 Å². The summed E-state index contributed by atoms with van der Waals surface area (Å²) >= 11 is 0. The maximum Gasteiger partial charge on any atom is 0.243 e. The molecule has 0 aromatic heterocycles. The molecule has 5 nitrogen and oxygen atoms in total. The highest BCUT2D eigenvalue weighted by Gasteiger charge is 2.27. The minimum Gasteiger partial charge on any atom is -0.342 e. The fraction of sp³-hybridized carbons (Fsp3) is 0.632. The minimum absolute atomic E-state index is 0.0103. The number of carbonyl (C=O) groups is 1. The van der Waals surface area contributed by atoms with Crippen LogP contribution >= 0.6 is 0 Å². The van der Waals surface area contributed by atoms with Crippen LogP contribution in [0.1, 0.15) is 56.9 Å². The van der Waals surface area contributed by atoms with Gasteiger partial charge in [0.15, 0.2) is 0 Å². The lowest BCUT2D eigenvalue weighted by Gasteiger charge is -2.23. The van der Waals surface area contributed by atoms with E-state index in [0.29, 0.717) is 43.4 Å². The van der Waals surface area contributed by atoms with Gasteiger partial charge in [-0.1, -0.05) is 31.4 Å². The molecule has 6 heteroatoms. The van der Waals surface area contributed by atoms with E-state index < -0.39 is 10.0 Å². The molecule has 1 aliphatic heterocycles. The van der Waals surface area contributed by atoms with Gasteiger partial charge in [-0.15, -0.1) is 0 Å². The monoisotopic (exact) mass is 364 g/mol. The summed E-state index contributed by atoms with van der Waals surface area (Å²) in [7, 11) is -3.49. The van der Waals surface area contributed by atoms with E-state index in [1.54, 1.807) is 17.0 Å². The molecule has 0 spiro atoms. The number of hydrogen-bond donors (Lipinski definition) is 0. The minimum atomic E-state index is -3.49. The van der Waals surface area contributed by atoms with Crippen molar-refractivity contribution in [3.05, 3.63) is 29.8 Å². The van der Waals surface area contributed by atoms with Gasteiger partial charge >= 0.3 is 0 Å². The van der Waals surface area contributed by atoms with Crippen LogP contribution in [-0.4, -0.2) is 49.7 Å². The second kappa shape index (κ2) is 7.87. The van der Waals surface area contributed by atoms with E-state index in [0.717, 1.165) is 0 Å². The van der Waals surface area contributed by atoms with Crippen LogP contribution < -0.4 is 0 Å². The van der Waals surface area contributed by atoms with E-state index in [9.17, 15) is 13.2 Å². The first-order chi connectivity index (χ1) is 12.0. The summed E-state index contributed by atoms with van der Waals surface area (Å²) in [5, 5.41) is 0. The molecule has 1 saturated heterocycles. The molecule has 0 radical (unpaired) electrons. The average molecular weight is 365 g/mol. The molecular formula is C19H28N2O3S. The van der Waals surface area contributed by atoms with Crippen LogP contribution in [0, 0.1) is 0 Å². The molecule has 1 aromatic rings. The predicted molar refractivity (Wildman–Crippen MR) is 97.9 cm³/mol. The number of rotatable bonds is 3. The molecule has 0 bridgehead atoms. The maximum absolute atomic E-state index is 12.9. The molecule has 0 unspecified atom stereocenters. The largest absolute Gasteiger partial charge is 0.342 e. The third-order valence-electron chi connectivity index (χ3n) is 5.49. The molecule has 1 saturated carbocycles. The number of hydrogen-bond acceptors (Lipinski definition) is 3. The molecule has 1 heterocycles. The lowest BCUT2D eigenvalue weighted by molar-refractivity contribution is -0.128. The van der Waals surface area contributed by atoms with Gasteiger partial charge in [-0.3, -0.25) is 4.79 Å². The highest BCUT2D eigenvalue weighted by atomic mass is 32.2. The Kier molecular flexibility index (Phi) is 5.79. The molecule has 0 N–H and O–H groups in total. The number of sulfonamides is 1. The third-order valence-corrected chi connectivity index (χ3v) is 7.41. The lowest BCUT2D eigenvalue weighted by atomic mass is 9.84. The van der Waals surface area contributed by atoms with Gasteiger partial charge in [0, 0.05) is 33.1 Å². The quantitative estimate of drug-likeness (QED) is 0.828. The van der Waals surface area contributed by atoms with Crippen LogP contribution in [0.25, 0.3) is 0 Å². The van der Waals surface area contributed by atoms with Crippen molar-refractivity contribution < 1.29 is 13.2 Å². The normalized spacial score (nSPS) is 21.1. The Labute approximate surface area is 151 Å². The first-order valence-electron chi connectivity index (χ1n) is 9.34. The molecule has 2 aliphatic rings. The fourth-order valence-electron chi connectivity index (χ4n) is 3.95. The van der Waals surface area contributed by atoms with Gasteiger partial charge in [0.25, 0.3) is 0 Å². The van der Waals surface area contributed by atoms with E-state index in [4.69, 9.17) is 0 Å². The summed E-state index contributed by atoms with van der Waals surface area (Å²) in [5.74, 6) is 0.587. The SMILES string of the molecule is CC(=O)N1CCCN(S(=O)(=O)c2ccc(C3CCCCC3)cc2)CC1. The fourth-order valence-corrected chi connectivity index (χ4v) is 5.42. The third kappa shape index (κ3) is 4.23. The number of nitrogens with zero attached hydrogens (tertiary/aromatic N) is 2. The Morgan fingerprint density at radius 3 is 2.24 bits per heavy atom. The van der Waals surface area contributed by atoms with Crippen molar-refractivity contribution in [3.63, 3.8) is 0 Å². The first-order valence-corrected chi connectivity index (χ1v) is 10.8. The van der Waals surface area contributed by atoms with Crippen molar-refractivity contribution in [2.75, 3.05) is 26.2 Å². The van der Waals surface area contributed by atoms with Crippen molar-refractivity contribution in [3.8, 4) is 0 Å². The molecular weight excluding hydrogens is 336 g/mol. The Morgan fingerprint density at radius 2 is 1.60 bits per heavy atom. The van der Waals surface area contributed by atoms with Crippen molar-refractivity contribution in [1.82, 2.24) is 9.21 Å². The average Bonchev–Trinajstić information content (AvgIpc) is 2.89. The van der Waals surface area contributed by atoms with Gasteiger partial charge in [-0.25, -0.2) is 8.42 Å². The van der Waals surface area contributed by atoms with Crippen LogP contribution in [0.5, 0.6) is 0 Å². The van der Waals surface area contributed by atoms with Crippen LogP contribution in [0.4, 0.5) is 0 Å². The van der Waals surface area contributed by atoms with Gasteiger partial charge in [0.2, 0.25) is 15.9 Å². The Bertz CT molecular complexity index is 694. The Morgan fingerprint density at radius 1 is 0.920 bits per heavy atom.